The van der Waals surface area contributed by atoms with Crippen LogP contribution in [0.15, 0.2) is 18.2 Å². The van der Waals surface area contributed by atoms with Crippen LogP contribution in [-0.2, 0) is 0 Å². The fourth-order valence-electron chi connectivity index (χ4n) is 1.75. The first kappa shape index (κ1) is 11.9. The van der Waals surface area contributed by atoms with E-state index in [4.69, 9.17) is 0 Å². The molecule has 1 aliphatic heterocycles. The summed E-state index contributed by atoms with van der Waals surface area (Å²) < 4.78 is 25.6. The minimum absolute atomic E-state index is 0.00907. The zero-order valence-electron chi connectivity index (χ0n) is 8.81. The number of benzene rings is 1. The van der Waals surface area contributed by atoms with E-state index in [1.54, 1.807) is 0 Å². The quantitative estimate of drug-likeness (QED) is 0.737. The van der Waals surface area contributed by atoms with Crippen LogP contribution >= 0.6 is 0 Å². The van der Waals surface area contributed by atoms with E-state index < -0.39 is 29.7 Å². The van der Waals surface area contributed by atoms with Gasteiger partial charge in [0.15, 0.2) is 11.6 Å². The Kier molecular flexibility index (Phi) is 3.08. The van der Waals surface area contributed by atoms with Crippen LogP contribution in [0.1, 0.15) is 10.4 Å². The number of aliphatic hydroxyl groups excluding tert-OH is 2. The molecule has 0 aliphatic carbocycles. The molecule has 17 heavy (non-hydrogen) atoms. The summed E-state index contributed by atoms with van der Waals surface area (Å²) in [5.41, 5.74) is -0.00907. The Morgan fingerprint density at radius 3 is 2.29 bits per heavy atom. The molecule has 1 saturated heterocycles. The van der Waals surface area contributed by atoms with Crippen molar-refractivity contribution in [2.24, 2.45) is 0 Å². The summed E-state index contributed by atoms with van der Waals surface area (Å²) in [6, 6.07) is 2.83. The van der Waals surface area contributed by atoms with Crippen LogP contribution in [0.4, 0.5) is 8.78 Å². The van der Waals surface area contributed by atoms with E-state index in [0.29, 0.717) is 0 Å². The van der Waals surface area contributed by atoms with Crippen LogP contribution in [0.5, 0.6) is 0 Å². The maximum atomic E-state index is 12.9. The van der Waals surface area contributed by atoms with Crippen molar-refractivity contribution < 1.29 is 23.8 Å². The van der Waals surface area contributed by atoms with E-state index >= 15 is 0 Å². The highest BCUT2D eigenvalue weighted by Gasteiger charge is 2.33. The van der Waals surface area contributed by atoms with Gasteiger partial charge in [0.2, 0.25) is 0 Å². The molecule has 2 unspecified atom stereocenters. The number of rotatable bonds is 1. The highest BCUT2D eigenvalue weighted by atomic mass is 19.2. The normalized spacial score (nSPS) is 24.1. The van der Waals surface area contributed by atoms with E-state index in [1.807, 2.05) is 0 Å². The number of aliphatic hydroxyl groups is 2. The molecule has 1 amide bonds. The van der Waals surface area contributed by atoms with Crippen LogP contribution in [0.3, 0.4) is 0 Å². The predicted octanol–water partition coefficient (Wildman–Crippen LogP) is 0.142. The molecular weight excluding hydrogens is 232 g/mol. The summed E-state index contributed by atoms with van der Waals surface area (Å²) in [6.45, 7) is -0.0298. The molecule has 92 valence electrons. The lowest BCUT2D eigenvalue weighted by atomic mass is 10.2. The first-order chi connectivity index (χ1) is 7.99. The molecule has 1 aliphatic rings. The summed E-state index contributed by atoms with van der Waals surface area (Å²) in [4.78, 5) is 13.0. The lowest BCUT2D eigenvalue weighted by Crippen LogP contribution is -2.29. The van der Waals surface area contributed by atoms with Gasteiger partial charge in [0.25, 0.3) is 5.91 Å². The highest BCUT2D eigenvalue weighted by molar-refractivity contribution is 5.94. The molecule has 0 saturated carbocycles. The van der Waals surface area contributed by atoms with Crippen molar-refractivity contribution in [1.82, 2.24) is 4.90 Å². The van der Waals surface area contributed by atoms with Gasteiger partial charge >= 0.3 is 0 Å². The molecule has 1 heterocycles. The van der Waals surface area contributed by atoms with Crippen LogP contribution in [0, 0.1) is 11.6 Å². The van der Waals surface area contributed by atoms with Crippen LogP contribution in [0.25, 0.3) is 0 Å². The Morgan fingerprint density at radius 1 is 1.18 bits per heavy atom. The monoisotopic (exact) mass is 243 g/mol. The maximum absolute atomic E-state index is 12.9. The molecule has 0 spiro atoms. The Labute approximate surface area is 96.1 Å². The zero-order chi connectivity index (χ0) is 12.6. The molecule has 1 aromatic carbocycles. The number of hydrogen-bond donors (Lipinski definition) is 2. The van der Waals surface area contributed by atoms with E-state index in [-0.39, 0.29) is 18.7 Å². The second kappa shape index (κ2) is 4.38. The first-order valence-corrected chi connectivity index (χ1v) is 5.09. The Hall–Kier alpha value is -1.53. The third-order valence-electron chi connectivity index (χ3n) is 2.71. The number of likely N-dealkylation sites (tertiary alicyclic amines) is 1. The molecule has 2 atom stereocenters. The van der Waals surface area contributed by atoms with Gasteiger partial charge in [-0.2, -0.15) is 0 Å². The van der Waals surface area contributed by atoms with Crippen molar-refractivity contribution >= 4 is 5.91 Å². The molecule has 4 nitrogen and oxygen atoms in total. The van der Waals surface area contributed by atoms with Crippen LogP contribution in [-0.4, -0.2) is 46.3 Å². The van der Waals surface area contributed by atoms with Gasteiger partial charge in [0.05, 0.1) is 12.2 Å². The van der Waals surface area contributed by atoms with E-state index in [1.165, 1.54) is 4.90 Å². The fourth-order valence-corrected chi connectivity index (χ4v) is 1.75. The van der Waals surface area contributed by atoms with Gasteiger partial charge in [-0.3, -0.25) is 4.79 Å². The lowest BCUT2D eigenvalue weighted by Gasteiger charge is -2.15. The third kappa shape index (κ3) is 2.27. The maximum Gasteiger partial charge on any atom is 0.254 e. The molecule has 0 aromatic heterocycles. The molecular formula is C11H11F2NO3. The largest absolute Gasteiger partial charge is 0.388 e. The number of carbonyl (C=O) groups excluding carboxylic acids is 1. The van der Waals surface area contributed by atoms with Gasteiger partial charge in [0, 0.05) is 18.7 Å². The Balaban J connectivity index is 2.17. The lowest BCUT2D eigenvalue weighted by molar-refractivity contribution is 0.0572. The average Bonchev–Trinajstić information content (AvgIpc) is 2.62. The second-order valence-electron chi connectivity index (χ2n) is 3.97. The van der Waals surface area contributed by atoms with E-state index in [0.717, 1.165) is 18.2 Å². The van der Waals surface area contributed by atoms with Crippen LogP contribution in [0.2, 0.25) is 0 Å². The number of nitrogens with zero attached hydrogens (tertiary/aromatic N) is 1. The van der Waals surface area contributed by atoms with Crippen molar-refractivity contribution in [2.75, 3.05) is 13.1 Å². The highest BCUT2D eigenvalue weighted by Crippen LogP contribution is 2.16. The van der Waals surface area contributed by atoms with Crippen molar-refractivity contribution in [2.45, 2.75) is 12.2 Å². The summed E-state index contributed by atoms with van der Waals surface area (Å²) in [7, 11) is 0. The molecule has 6 heteroatoms. The van der Waals surface area contributed by atoms with E-state index in [2.05, 4.69) is 0 Å². The number of hydrogen-bond acceptors (Lipinski definition) is 3. The number of carbonyl (C=O) groups is 1. The van der Waals surface area contributed by atoms with Crippen molar-refractivity contribution in [3.05, 3.63) is 35.4 Å². The molecule has 1 aromatic rings. The molecule has 1 fully saturated rings. The Bertz CT molecular complexity index is 442. The number of amides is 1. The molecule has 0 bridgehead atoms. The molecule has 2 rings (SSSR count). The summed E-state index contributed by atoms with van der Waals surface area (Å²) in [5, 5.41) is 18.6. The minimum Gasteiger partial charge on any atom is -0.388 e. The molecule has 2 N–H and O–H groups in total. The topological polar surface area (TPSA) is 60.8 Å². The minimum atomic E-state index is -1.10. The van der Waals surface area contributed by atoms with Crippen molar-refractivity contribution in [1.29, 1.82) is 0 Å². The van der Waals surface area contributed by atoms with Gasteiger partial charge in [-0.05, 0) is 18.2 Å². The molecule has 0 radical (unpaired) electrons. The van der Waals surface area contributed by atoms with Crippen molar-refractivity contribution in [3.63, 3.8) is 0 Å². The SMILES string of the molecule is O=C(c1ccc(F)c(F)c1)N1CC(O)C(O)C1. The van der Waals surface area contributed by atoms with Gasteiger partial charge < -0.3 is 15.1 Å². The average molecular weight is 243 g/mol. The number of β-amino-alcohol motifs (C(OH)–C–C–N with tert-alkyl or cyclic N) is 2. The summed E-state index contributed by atoms with van der Waals surface area (Å²) in [5.74, 6) is -2.67. The van der Waals surface area contributed by atoms with Crippen molar-refractivity contribution in [3.8, 4) is 0 Å². The summed E-state index contributed by atoms with van der Waals surface area (Å²) >= 11 is 0. The van der Waals surface area contributed by atoms with Gasteiger partial charge in [-0.25, -0.2) is 8.78 Å². The fraction of sp³-hybridized carbons (Fsp3) is 0.364. The zero-order valence-corrected chi connectivity index (χ0v) is 8.81. The van der Waals surface area contributed by atoms with E-state index in [9.17, 15) is 23.8 Å². The van der Waals surface area contributed by atoms with Gasteiger partial charge in [-0.15, -0.1) is 0 Å². The predicted molar refractivity (Wildman–Crippen MR) is 54.3 cm³/mol. The standard InChI is InChI=1S/C11H11F2NO3/c12-7-2-1-6(3-8(7)13)11(17)14-4-9(15)10(16)5-14/h1-3,9-10,15-16H,4-5H2. The number of halogens is 2. The smallest absolute Gasteiger partial charge is 0.254 e. The summed E-state index contributed by atoms with van der Waals surface area (Å²) in [6.07, 6.45) is -1.99. The van der Waals surface area contributed by atoms with Gasteiger partial charge in [-0.1, -0.05) is 0 Å². The first-order valence-electron chi connectivity index (χ1n) is 5.09. The Morgan fingerprint density at radius 2 is 1.76 bits per heavy atom. The second-order valence-corrected chi connectivity index (χ2v) is 3.97. The van der Waals surface area contributed by atoms with Gasteiger partial charge in [0.1, 0.15) is 0 Å². The van der Waals surface area contributed by atoms with Crippen LogP contribution < -0.4 is 0 Å². The third-order valence-corrected chi connectivity index (χ3v) is 2.71.